The highest BCUT2D eigenvalue weighted by molar-refractivity contribution is 4.93. The monoisotopic (exact) mass is 129 g/mol. The third kappa shape index (κ3) is 1.10. The summed E-state index contributed by atoms with van der Waals surface area (Å²) in [5.41, 5.74) is 0.342. The highest BCUT2D eigenvalue weighted by atomic mass is 16.5. The molecule has 0 radical (unpaired) electrons. The van der Waals surface area contributed by atoms with Crippen LogP contribution in [0.1, 0.15) is 13.3 Å². The van der Waals surface area contributed by atoms with Crippen molar-refractivity contribution < 1.29 is 4.74 Å². The van der Waals surface area contributed by atoms with E-state index in [9.17, 15) is 0 Å². The molecule has 1 atom stereocenters. The van der Waals surface area contributed by atoms with Gasteiger partial charge in [-0.2, -0.15) is 0 Å². The number of hydrogen-bond donors (Lipinski definition) is 0. The minimum Gasteiger partial charge on any atom is -0.383 e. The van der Waals surface area contributed by atoms with Gasteiger partial charge in [0.25, 0.3) is 0 Å². The summed E-state index contributed by atoms with van der Waals surface area (Å²) in [5.74, 6) is 0. The first-order valence-electron chi connectivity index (χ1n) is 3.39. The van der Waals surface area contributed by atoms with E-state index in [4.69, 9.17) is 4.74 Å². The summed E-state index contributed by atoms with van der Waals surface area (Å²) in [6.07, 6.45) is 1.28. The average Bonchev–Trinajstić information content (AvgIpc) is 1.86. The second-order valence-electron chi connectivity index (χ2n) is 3.10. The summed E-state index contributed by atoms with van der Waals surface area (Å²) in [6.45, 7) is 4.32. The van der Waals surface area contributed by atoms with E-state index < -0.39 is 0 Å². The van der Waals surface area contributed by atoms with Gasteiger partial charge in [0.15, 0.2) is 0 Å². The van der Waals surface area contributed by atoms with Crippen molar-refractivity contribution >= 4 is 0 Å². The summed E-state index contributed by atoms with van der Waals surface area (Å²) < 4.78 is 5.08. The van der Waals surface area contributed by atoms with Crippen molar-refractivity contribution in [2.45, 2.75) is 18.9 Å². The van der Waals surface area contributed by atoms with Crippen LogP contribution in [0.2, 0.25) is 0 Å². The van der Waals surface area contributed by atoms with Crippen LogP contribution in [0.15, 0.2) is 0 Å². The summed E-state index contributed by atoms with van der Waals surface area (Å²) in [5, 5.41) is 0. The minimum absolute atomic E-state index is 0.342. The van der Waals surface area contributed by atoms with Gasteiger partial charge in [0.05, 0.1) is 6.61 Å². The highest BCUT2D eigenvalue weighted by Crippen LogP contribution is 2.27. The lowest BCUT2D eigenvalue weighted by Crippen LogP contribution is -2.58. The lowest BCUT2D eigenvalue weighted by molar-refractivity contribution is -0.0339. The van der Waals surface area contributed by atoms with Crippen molar-refractivity contribution in [3.05, 3.63) is 0 Å². The lowest BCUT2D eigenvalue weighted by atomic mass is 9.89. The maximum absolute atomic E-state index is 5.08. The molecule has 0 N–H and O–H groups in total. The Bertz CT molecular complexity index is 105. The first-order valence-corrected chi connectivity index (χ1v) is 3.39. The molecule has 0 spiro atoms. The van der Waals surface area contributed by atoms with E-state index in [1.165, 1.54) is 13.0 Å². The van der Waals surface area contributed by atoms with Gasteiger partial charge in [-0.05, 0) is 20.4 Å². The molecule has 0 aromatic rings. The Morgan fingerprint density at radius 2 is 2.33 bits per heavy atom. The molecular weight excluding hydrogens is 114 g/mol. The van der Waals surface area contributed by atoms with Crippen molar-refractivity contribution in [3.63, 3.8) is 0 Å². The molecule has 1 heterocycles. The second-order valence-corrected chi connectivity index (χ2v) is 3.10. The van der Waals surface area contributed by atoms with Crippen LogP contribution in [0.5, 0.6) is 0 Å². The molecule has 0 saturated carbocycles. The summed E-state index contributed by atoms with van der Waals surface area (Å²) in [6, 6.07) is 0. The molecule has 2 nitrogen and oxygen atoms in total. The molecule has 1 saturated heterocycles. The zero-order valence-electron chi connectivity index (χ0n) is 6.48. The van der Waals surface area contributed by atoms with Gasteiger partial charge in [0, 0.05) is 19.2 Å². The van der Waals surface area contributed by atoms with Crippen molar-refractivity contribution in [2.75, 3.05) is 27.3 Å². The molecule has 0 aliphatic carbocycles. The van der Waals surface area contributed by atoms with Gasteiger partial charge in [-0.3, -0.25) is 4.90 Å². The van der Waals surface area contributed by atoms with E-state index in [1.807, 2.05) is 0 Å². The Kier molecular flexibility index (Phi) is 1.78. The van der Waals surface area contributed by atoms with E-state index in [0.29, 0.717) is 5.54 Å². The van der Waals surface area contributed by atoms with Crippen molar-refractivity contribution in [3.8, 4) is 0 Å². The topological polar surface area (TPSA) is 12.5 Å². The van der Waals surface area contributed by atoms with Crippen LogP contribution in [0.25, 0.3) is 0 Å². The Hall–Kier alpha value is -0.0800. The third-order valence-corrected chi connectivity index (χ3v) is 2.36. The van der Waals surface area contributed by atoms with Crippen LogP contribution in [0, 0.1) is 0 Å². The fraction of sp³-hybridized carbons (Fsp3) is 1.00. The number of likely N-dealkylation sites (tertiary alicyclic amines) is 1. The Labute approximate surface area is 56.8 Å². The van der Waals surface area contributed by atoms with Gasteiger partial charge >= 0.3 is 0 Å². The van der Waals surface area contributed by atoms with Crippen LogP contribution < -0.4 is 0 Å². The maximum Gasteiger partial charge on any atom is 0.0644 e. The minimum atomic E-state index is 0.342. The normalized spacial score (nSPS) is 36.3. The summed E-state index contributed by atoms with van der Waals surface area (Å²) in [4.78, 5) is 2.33. The van der Waals surface area contributed by atoms with Gasteiger partial charge in [-0.15, -0.1) is 0 Å². The molecule has 1 fully saturated rings. The zero-order chi connectivity index (χ0) is 6.91. The number of likely N-dealkylation sites (N-methyl/N-ethyl adjacent to an activating group) is 1. The van der Waals surface area contributed by atoms with Crippen LogP contribution in [0.3, 0.4) is 0 Å². The fourth-order valence-electron chi connectivity index (χ4n) is 1.21. The van der Waals surface area contributed by atoms with E-state index in [2.05, 4.69) is 18.9 Å². The predicted octanol–water partition coefficient (Wildman–Crippen LogP) is 0.727. The molecule has 0 amide bonds. The lowest BCUT2D eigenvalue weighted by Gasteiger charge is -2.48. The largest absolute Gasteiger partial charge is 0.383 e. The van der Waals surface area contributed by atoms with E-state index in [0.717, 1.165) is 6.61 Å². The van der Waals surface area contributed by atoms with Crippen molar-refractivity contribution in [1.29, 1.82) is 0 Å². The van der Waals surface area contributed by atoms with Crippen LogP contribution in [0.4, 0.5) is 0 Å². The van der Waals surface area contributed by atoms with Gasteiger partial charge in [-0.1, -0.05) is 0 Å². The van der Waals surface area contributed by atoms with Crippen LogP contribution in [-0.4, -0.2) is 37.7 Å². The van der Waals surface area contributed by atoms with E-state index in [-0.39, 0.29) is 0 Å². The quantitative estimate of drug-likeness (QED) is 0.545. The molecule has 9 heavy (non-hydrogen) atoms. The molecule has 0 unspecified atom stereocenters. The Morgan fingerprint density at radius 3 is 2.44 bits per heavy atom. The van der Waals surface area contributed by atoms with Gasteiger partial charge in [-0.25, -0.2) is 0 Å². The zero-order valence-corrected chi connectivity index (χ0v) is 6.48. The Morgan fingerprint density at radius 1 is 1.67 bits per heavy atom. The first-order chi connectivity index (χ1) is 4.19. The summed E-state index contributed by atoms with van der Waals surface area (Å²) in [7, 11) is 3.90. The highest BCUT2D eigenvalue weighted by Gasteiger charge is 2.37. The van der Waals surface area contributed by atoms with Gasteiger partial charge in [0.2, 0.25) is 0 Å². The molecule has 2 heteroatoms. The number of ether oxygens (including phenoxy) is 1. The fourth-order valence-corrected chi connectivity index (χ4v) is 1.21. The third-order valence-electron chi connectivity index (χ3n) is 2.36. The molecule has 0 aromatic heterocycles. The molecule has 1 rings (SSSR count). The second kappa shape index (κ2) is 2.27. The average molecular weight is 129 g/mol. The van der Waals surface area contributed by atoms with Crippen LogP contribution in [-0.2, 0) is 4.74 Å². The predicted molar refractivity (Wildman–Crippen MR) is 37.5 cm³/mol. The molecule has 1 aliphatic rings. The molecular formula is C7H15NO. The first kappa shape index (κ1) is 7.03. The Balaban J connectivity index is 2.34. The molecule has 0 bridgehead atoms. The van der Waals surface area contributed by atoms with Crippen molar-refractivity contribution in [2.24, 2.45) is 0 Å². The summed E-state index contributed by atoms with van der Waals surface area (Å²) >= 11 is 0. The number of nitrogens with zero attached hydrogens (tertiary/aromatic N) is 1. The standard InChI is InChI=1S/C7H15NO/c1-7(6-9-3)4-5-8(7)2/h4-6H2,1-3H3/t7-/m1/s1. The number of rotatable bonds is 2. The van der Waals surface area contributed by atoms with Crippen molar-refractivity contribution in [1.82, 2.24) is 4.90 Å². The van der Waals surface area contributed by atoms with E-state index >= 15 is 0 Å². The maximum atomic E-state index is 5.08. The smallest absolute Gasteiger partial charge is 0.0644 e. The number of methoxy groups -OCH3 is 1. The van der Waals surface area contributed by atoms with Gasteiger partial charge in [0.1, 0.15) is 0 Å². The van der Waals surface area contributed by atoms with E-state index in [1.54, 1.807) is 7.11 Å². The van der Waals surface area contributed by atoms with Gasteiger partial charge < -0.3 is 4.74 Å². The van der Waals surface area contributed by atoms with Crippen LogP contribution >= 0.6 is 0 Å². The number of hydrogen-bond acceptors (Lipinski definition) is 2. The molecule has 1 aliphatic heterocycles. The molecule has 54 valence electrons. The SMILES string of the molecule is COC[C@@]1(C)CCN1C. The molecule has 0 aromatic carbocycles.